The molecular formula is C56H98O12S. The molecule has 0 aromatic rings. The van der Waals surface area contributed by atoms with Gasteiger partial charge in [-0.1, -0.05) is 196 Å². The molecule has 1 fully saturated rings. The fraction of sp³-hybridized carbons (Fsp3) is 0.768. The van der Waals surface area contributed by atoms with Crippen LogP contribution < -0.4 is 0 Å². The molecule has 1 heterocycles. The summed E-state index contributed by atoms with van der Waals surface area (Å²) in [7, 11) is -5.07. The number of allylic oxidation sites excluding steroid dienone is 12. The van der Waals surface area contributed by atoms with Gasteiger partial charge in [0.15, 0.2) is 6.29 Å². The highest BCUT2D eigenvalue weighted by atomic mass is 32.3. The molecule has 4 N–H and O–H groups in total. The Morgan fingerprint density at radius 1 is 0.565 bits per heavy atom. The van der Waals surface area contributed by atoms with Crippen molar-refractivity contribution >= 4 is 16.4 Å². The maximum atomic E-state index is 12.9. The van der Waals surface area contributed by atoms with Crippen LogP contribution in [0.1, 0.15) is 213 Å². The zero-order valence-electron chi connectivity index (χ0n) is 43.1. The Hall–Kier alpha value is -2.46. The average molecular weight is 995 g/mol. The number of hydrogen-bond acceptors (Lipinski definition) is 11. The first-order chi connectivity index (χ1) is 33.6. The molecule has 1 aliphatic heterocycles. The Bertz CT molecular complexity index is 1470. The summed E-state index contributed by atoms with van der Waals surface area (Å²) in [4.78, 5) is 12.9. The van der Waals surface area contributed by atoms with E-state index in [0.717, 1.165) is 83.5 Å². The summed E-state index contributed by atoms with van der Waals surface area (Å²) in [6.45, 7) is 3.86. The highest BCUT2D eigenvalue weighted by Gasteiger charge is 2.48. The van der Waals surface area contributed by atoms with Gasteiger partial charge in [-0.2, -0.15) is 8.42 Å². The smallest absolute Gasteiger partial charge is 0.397 e. The molecule has 6 unspecified atom stereocenters. The molecule has 0 aromatic carbocycles. The molecule has 69 heavy (non-hydrogen) atoms. The SMILES string of the molecule is CC/C=C\C/C=C\C/C=C\C/C=C\CCCCCCCCCCCCC(=O)OC(COCCCCCCCCCC/C=C\C/C=C\CCCCCC)COC1OC(CO)C(O)C(OS(=O)(=O)O)C1O. The Labute approximate surface area is 420 Å². The van der Waals surface area contributed by atoms with Gasteiger partial charge in [-0.3, -0.25) is 9.35 Å². The summed E-state index contributed by atoms with van der Waals surface area (Å²) in [5.41, 5.74) is 0. The van der Waals surface area contributed by atoms with Crippen LogP contribution in [-0.2, 0) is 38.3 Å². The maximum absolute atomic E-state index is 12.9. The van der Waals surface area contributed by atoms with Crippen molar-refractivity contribution in [2.24, 2.45) is 0 Å². The van der Waals surface area contributed by atoms with Gasteiger partial charge in [0.05, 0.1) is 19.8 Å². The molecule has 13 heteroatoms. The molecule has 1 rings (SSSR count). The summed E-state index contributed by atoms with van der Waals surface area (Å²) in [6, 6.07) is 0. The topological polar surface area (TPSA) is 178 Å². The Kier molecular flexibility index (Phi) is 43.6. The Balaban J connectivity index is 2.34. The van der Waals surface area contributed by atoms with E-state index in [9.17, 15) is 33.1 Å². The Morgan fingerprint density at radius 3 is 1.46 bits per heavy atom. The molecule has 0 bridgehead atoms. The van der Waals surface area contributed by atoms with Crippen LogP contribution in [0.4, 0.5) is 0 Å². The van der Waals surface area contributed by atoms with Gasteiger partial charge in [0, 0.05) is 13.0 Å². The number of hydrogen-bond donors (Lipinski definition) is 4. The fourth-order valence-electron chi connectivity index (χ4n) is 7.99. The lowest BCUT2D eigenvalue weighted by atomic mass is 9.99. The lowest BCUT2D eigenvalue weighted by Crippen LogP contribution is -2.60. The van der Waals surface area contributed by atoms with E-state index in [1.165, 1.54) is 103 Å². The van der Waals surface area contributed by atoms with Gasteiger partial charge in [0.25, 0.3) is 0 Å². The van der Waals surface area contributed by atoms with Gasteiger partial charge >= 0.3 is 16.4 Å². The van der Waals surface area contributed by atoms with Crippen molar-refractivity contribution in [1.82, 2.24) is 0 Å². The lowest BCUT2D eigenvalue weighted by molar-refractivity contribution is -0.301. The second-order valence-electron chi connectivity index (χ2n) is 18.4. The summed E-state index contributed by atoms with van der Waals surface area (Å²) in [5.74, 6) is -0.407. The van der Waals surface area contributed by atoms with Crippen LogP contribution in [0.2, 0.25) is 0 Å². The molecule has 0 saturated carbocycles. The number of unbranched alkanes of at least 4 members (excludes halogenated alkanes) is 22. The predicted octanol–water partition coefficient (Wildman–Crippen LogP) is 13.0. The van der Waals surface area contributed by atoms with Crippen molar-refractivity contribution in [3.05, 3.63) is 72.9 Å². The van der Waals surface area contributed by atoms with Crippen molar-refractivity contribution in [2.45, 2.75) is 250 Å². The molecular weight excluding hydrogens is 897 g/mol. The number of carbonyl (C=O) groups excluding carboxylic acids is 1. The minimum atomic E-state index is -5.07. The van der Waals surface area contributed by atoms with Crippen LogP contribution in [0.3, 0.4) is 0 Å². The fourth-order valence-corrected chi connectivity index (χ4v) is 8.50. The predicted molar refractivity (Wildman–Crippen MR) is 280 cm³/mol. The zero-order chi connectivity index (χ0) is 50.3. The van der Waals surface area contributed by atoms with E-state index >= 15 is 0 Å². The van der Waals surface area contributed by atoms with E-state index in [2.05, 4.69) is 90.9 Å². The van der Waals surface area contributed by atoms with Crippen LogP contribution >= 0.6 is 0 Å². The summed E-state index contributed by atoms with van der Waals surface area (Å²) >= 11 is 0. The quantitative estimate of drug-likeness (QED) is 0.0197. The number of carbonyl (C=O) groups is 1. The standard InChI is InChI=1S/C56H98O12S/c1-3-5-7-9-11-13-15-17-19-21-23-24-25-26-27-29-31-33-35-37-39-41-43-45-52(58)66-50(49-65-56-54(60)55(68-69(61,62)63)53(59)51(47-57)67-56)48-64-46-44-42-40-38-36-34-32-30-28-22-20-18-16-14-12-10-8-6-4-2/h5,7,11,13-14,16-17,19-20,22-24,50-51,53-57,59-60H,3-4,6,8-10,12,15,18,21,25-49H2,1-2H3,(H,61,62,63)/b7-5-,13-11-,16-14-,19-17-,22-20-,24-23-. The molecule has 12 nitrogen and oxygen atoms in total. The number of rotatable bonds is 47. The summed E-state index contributed by atoms with van der Waals surface area (Å²) in [6.07, 6.45) is 52.1. The van der Waals surface area contributed by atoms with Gasteiger partial charge in [-0.15, -0.1) is 0 Å². The van der Waals surface area contributed by atoms with E-state index < -0.39 is 59.8 Å². The van der Waals surface area contributed by atoms with E-state index in [0.29, 0.717) is 13.0 Å². The number of aliphatic hydroxyl groups is 3. The van der Waals surface area contributed by atoms with Crippen molar-refractivity contribution in [3.8, 4) is 0 Å². The van der Waals surface area contributed by atoms with Crippen molar-refractivity contribution in [3.63, 3.8) is 0 Å². The molecule has 0 aliphatic carbocycles. The molecule has 0 spiro atoms. The van der Waals surface area contributed by atoms with E-state index in [-0.39, 0.29) is 19.6 Å². The normalized spacial score (nSPS) is 19.8. The van der Waals surface area contributed by atoms with Gasteiger partial charge in [-0.25, -0.2) is 4.18 Å². The Morgan fingerprint density at radius 2 is 1.00 bits per heavy atom. The first kappa shape index (κ1) is 64.6. The molecule has 0 radical (unpaired) electrons. The number of aliphatic hydroxyl groups excluding tert-OH is 3. The average Bonchev–Trinajstić information content (AvgIpc) is 3.32. The third-order valence-corrected chi connectivity index (χ3v) is 12.5. The van der Waals surface area contributed by atoms with Gasteiger partial charge in [-0.05, 0) is 83.5 Å². The van der Waals surface area contributed by atoms with Gasteiger partial charge in [0.1, 0.15) is 30.5 Å². The minimum Gasteiger partial charge on any atom is -0.457 e. The first-order valence-electron chi connectivity index (χ1n) is 27.2. The van der Waals surface area contributed by atoms with Crippen LogP contribution in [0, 0.1) is 0 Å². The number of ether oxygens (including phenoxy) is 4. The van der Waals surface area contributed by atoms with Crippen molar-refractivity contribution in [1.29, 1.82) is 0 Å². The van der Waals surface area contributed by atoms with Crippen LogP contribution in [-0.4, -0.2) is 97.5 Å². The lowest BCUT2D eigenvalue weighted by Gasteiger charge is -2.41. The van der Waals surface area contributed by atoms with Crippen molar-refractivity contribution < 1.29 is 56.2 Å². The second-order valence-corrected chi connectivity index (χ2v) is 19.5. The summed E-state index contributed by atoms with van der Waals surface area (Å²) in [5, 5.41) is 30.8. The molecule has 0 amide bonds. The molecule has 6 atom stereocenters. The third kappa shape index (κ3) is 39.8. The monoisotopic (exact) mass is 995 g/mol. The highest BCUT2D eigenvalue weighted by molar-refractivity contribution is 7.80. The third-order valence-electron chi connectivity index (χ3n) is 12.1. The van der Waals surface area contributed by atoms with Gasteiger partial charge in [0.2, 0.25) is 0 Å². The van der Waals surface area contributed by atoms with Crippen molar-refractivity contribution in [2.75, 3.05) is 26.4 Å². The van der Waals surface area contributed by atoms with E-state index in [1.807, 2.05) is 0 Å². The van der Waals surface area contributed by atoms with E-state index in [4.69, 9.17) is 18.9 Å². The summed E-state index contributed by atoms with van der Waals surface area (Å²) < 4.78 is 59.3. The van der Waals surface area contributed by atoms with Crippen LogP contribution in [0.15, 0.2) is 72.9 Å². The highest BCUT2D eigenvalue weighted by Crippen LogP contribution is 2.26. The maximum Gasteiger partial charge on any atom is 0.397 e. The van der Waals surface area contributed by atoms with Gasteiger partial charge < -0.3 is 34.3 Å². The number of esters is 1. The van der Waals surface area contributed by atoms with Crippen LogP contribution in [0.5, 0.6) is 0 Å². The second kappa shape index (κ2) is 46.6. The molecule has 1 saturated heterocycles. The molecule has 400 valence electrons. The molecule has 0 aromatic heterocycles. The largest absolute Gasteiger partial charge is 0.457 e. The van der Waals surface area contributed by atoms with Crippen LogP contribution in [0.25, 0.3) is 0 Å². The zero-order valence-corrected chi connectivity index (χ0v) is 43.9. The van der Waals surface area contributed by atoms with E-state index in [1.54, 1.807) is 0 Å². The first-order valence-corrected chi connectivity index (χ1v) is 28.6. The minimum absolute atomic E-state index is 0.0276. The molecule has 1 aliphatic rings.